The summed E-state index contributed by atoms with van der Waals surface area (Å²) < 4.78 is 0. The van der Waals surface area contributed by atoms with Gasteiger partial charge in [-0.05, 0) is 20.8 Å². The number of nitriles is 1. The van der Waals surface area contributed by atoms with E-state index >= 15 is 0 Å². The fourth-order valence-corrected chi connectivity index (χ4v) is 0. The van der Waals surface area contributed by atoms with E-state index in [1.807, 2.05) is 32.1 Å². The molecular formula is C12H19N. The lowest BCUT2D eigenvalue weighted by molar-refractivity contribution is 1.46. The van der Waals surface area contributed by atoms with Crippen LogP contribution in [-0.2, 0) is 0 Å². The smallest absolute Gasteiger partial charge is 0.0937 e. The Hall–Kier alpha value is -1.55. The number of allylic oxidation sites excluding steroid dienone is 5. The van der Waals surface area contributed by atoms with Gasteiger partial charge < -0.3 is 0 Å². The molecule has 0 radical (unpaired) electrons. The highest BCUT2D eigenvalue weighted by Gasteiger charge is 1.64. The molecule has 0 aromatic heterocycles. The van der Waals surface area contributed by atoms with Gasteiger partial charge in [0.15, 0.2) is 0 Å². The van der Waals surface area contributed by atoms with Crippen LogP contribution in [0.5, 0.6) is 0 Å². The summed E-state index contributed by atoms with van der Waals surface area (Å²) in [6, 6.07) is 1.83. The van der Waals surface area contributed by atoms with Crippen LogP contribution in [0, 0.1) is 11.3 Å². The molecule has 13 heavy (non-hydrogen) atoms. The molecule has 0 aliphatic heterocycles. The van der Waals surface area contributed by atoms with E-state index in [2.05, 4.69) is 19.7 Å². The fraction of sp³-hybridized carbons (Fsp3) is 0.250. The predicted molar refractivity (Wildman–Crippen MR) is 61.3 cm³/mol. The van der Waals surface area contributed by atoms with Crippen LogP contribution in [0.3, 0.4) is 0 Å². The highest BCUT2D eigenvalue weighted by molar-refractivity contribution is 5.11. The van der Waals surface area contributed by atoms with Crippen molar-refractivity contribution in [1.29, 1.82) is 5.26 Å². The van der Waals surface area contributed by atoms with Crippen LogP contribution < -0.4 is 0 Å². The van der Waals surface area contributed by atoms with Crippen molar-refractivity contribution in [2.45, 2.75) is 20.8 Å². The van der Waals surface area contributed by atoms with E-state index in [0.717, 1.165) is 0 Å². The van der Waals surface area contributed by atoms with Crippen molar-refractivity contribution in [3.8, 4) is 6.07 Å². The number of rotatable bonds is 1. The molecule has 0 amide bonds. The molecule has 0 rings (SSSR count). The summed E-state index contributed by atoms with van der Waals surface area (Å²) in [4.78, 5) is 0. The Bertz CT molecular complexity index is 182. The minimum Gasteiger partial charge on any atom is -0.193 e. The van der Waals surface area contributed by atoms with Crippen molar-refractivity contribution >= 4 is 0 Å². The molecule has 0 spiro atoms. The van der Waals surface area contributed by atoms with E-state index in [9.17, 15) is 0 Å². The highest BCUT2D eigenvalue weighted by atomic mass is 14.2. The first kappa shape index (κ1) is 17.5. The Labute approximate surface area is 82.4 Å². The first-order chi connectivity index (χ1) is 6.10. The minimum atomic E-state index is 0.560. The van der Waals surface area contributed by atoms with Gasteiger partial charge in [0.2, 0.25) is 0 Å². The topological polar surface area (TPSA) is 23.8 Å². The summed E-state index contributed by atoms with van der Waals surface area (Å²) in [5.41, 5.74) is 0.560. The average Bonchev–Trinajstić information content (AvgIpc) is 2.18. The molecule has 0 heterocycles. The van der Waals surface area contributed by atoms with Crippen molar-refractivity contribution < 1.29 is 0 Å². The quantitative estimate of drug-likeness (QED) is 0.337. The molecule has 0 unspecified atom stereocenters. The zero-order valence-electron chi connectivity index (χ0n) is 8.88. The Morgan fingerprint density at radius 3 is 1.38 bits per heavy atom. The lowest BCUT2D eigenvalue weighted by Crippen LogP contribution is -1.51. The SMILES string of the molecule is C=C(C)C#N.C=CC=C.CC=CC. The molecule has 0 aromatic carbocycles. The summed E-state index contributed by atoms with van der Waals surface area (Å²) in [6.07, 6.45) is 7.28. The lowest BCUT2D eigenvalue weighted by Gasteiger charge is -1.61. The molecule has 0 bridgehead atoms. The zero-order valence-corrected chi connectivity index (χ0v) is 8.88. The first-order valence-electron chi connectivity index (χ1n) is 3.97. The normalized spacial score (nSPS) is 6.62. The molecule has 0 aromatic rings. The third-order valence-corrected chi connectivity index (χ3v) is 0.691. The van der Waals surface area contributed by atoms with Gasteiger partial charge in [0, 0.05) is 5.57 Å². The second-order valence-electron chi connectivity index (χ2n) is 2.03. The maximum atomic E-state index is 7.79. The number of nitrogens with zero attached hydrogens (tertiary/aromatic N) is 1. The molecule has 72 valence electrons. The van der Waals surface area contributed by atoms with E-state index in [1.54, 1.807) is 19.1 Å². The second kappa shape index (κ2) is 22.4. The average molecular weight is 177 g/mol. The Morgan fingerprint density at radius 1 is 1.15 bits per heavy atom. The predicted octanol–water partition coefficient (Wildman–Crippen LogP) is 4.03. The van der Waals surface area contributed by atoms with Gasteiger partial charge >= 0.3 is 0 Å². The van der Waals surface area contributed by atoms with Gasteiger partial charge in [-0.2, -0.15) is 5.26 Å². The molecular weight excluding hydrogens is 158 g/mol. The van der Waals surface area contributed by atoms with Gasteiger partial charge in [-0.25, -0.2) is 0 Å². The maximum Gasteiger partial charge on any atom is 0.0937 e. The fourth-order valence-electron chi connectivity index (χ4n) is 0. The van der Waals surface area contributed by atoms with Crippen LogP contribution >= 0.6 is 0 Å². The zero-order chi connectivity index (χ0) is 11.1. The van der Waals surface area contributed by atoms with Crippen LogP contribution in [0.25, 0.3) is 0 Å². The Kier molecular flexibility index (Phi) is 30.2. The monoisotopic (exact) mass is 177 g/mol. The third kappa shape index (κ3) is 124. The van der Waals surface area contributed by atoms with Crippen LogP contribution in [-0.4, -0.2) is 0 Å². The van der Waals surface area contributed by atoms with Crippen molar-refractivity contribution in [3.63, 3.8) is 0 Å². The molecule has 0 fully saturated rings. The van der Waals surface area contributed by atoms with Crippen LogP contribution in [0.15, 0.2) is 49.6 Å². The molecule has 0 aliphatic rings. The Balaban J connectivity index is -0.000000117. The highest BCUT2D eigenvalue weighted by Crippen LogP contribution is 1.74. The number of hydrogen-bond acceptors (Lipinski definition) is 1. The van der Waals surface area contributed by atoms with Crippen molar-refractivity contribution in [2.24, 2.45) is 0 Å². The minimum absolute atomic E-state index is 0.560. The molecule has 0 aliphatic carbocycles. The molecule has 0 saturated heterocycles. The summed E-state index contributed by atoms with van der Waals surface area (Å²) in [5, 5.41) is 7.79. The van der Waals surface area contributed by atoms with Gasteiger partial charge in [-0.15, -0.1) is 0 Å². The molecule has 1 heteroatoms. The summed E-state index contributed by atoms with van der Waals surface area (Å²) in [6.45, 7) is 15.7. The number of hydrogen-bond donors (Lipinski definition) is 0. The van der Waals surface area contributed by atoms with Gasteiger partial charge in [0.1, 0.15) is 0 Å². The molecule has 0 saturated carbocycles. The molecule has 0 atom stereocenters. The van der Waals surface area contributed by atoms with Crippen molar-refractivity contribution in [3.05, 3.63) is 49.6 Å². The summed E-state index contributed by atoms with van der Waals surface area (Å²) in [5.74, 6) is 0. The summed E-state index contributed by atoms with van der Waals surface area (Å²) in [7, 11) is 0. The molecule has 0 N–H and O–H groups in total. The third-order valence-electron chi connectivity index (χ3n) is 0.691. The van der Waals surface area contributed by atoms with E-state index in [1.165, 1.54) is 0 Å². The van der Waals surface area contributed by atoms with Crippen molar-refractivity contribution in [1.82, 2.24) is 0 Å². The first-order valence-corrected chi connectivity index (χ1v) is 3.97. The van der Waals surface area contributed by atoms with E-state index < -0.39 is 0 Å². The van der Waals surface area contributed by atoms with Crippen LogP contribution in [0.2, 0.25) is 0 Å². The van der Waals surface area contributed by atoms with Gasteiger partial charge in [0.25, 0.3) is 0 Å². The van der Waals surface area contributed by atoms with E-state index in [-0.39, 0.29) is 0 Å². The van der Waals surface area contributed by atoms with Gasteiger partial charge in [0.05, 0.1) is 6.07 Å². The summed E-state index contributed by atoms with van der Waals surface area (Å²) >= 11 is 0. The lowest BCUT2D eigenvalue weighted by atomic mass is 10.4. The Morgan fingerprint density at radius 2 is 1.38 bits per heavy atom. The second-order valence-corrected chi connectivity index (χ2v) is 2.03. The van der Waals surface area contributed by atoms with E-state index in [0.29, 0.717) is 5.57 Å². The van der Waals surface area contributed by atoms with Gasteiger partial charge in [-0.3, -0.25) is 0 Å². The van der Waals surface area contributed by atoms with Crippen LogP contribution in [0.4, 0.5) is 0 Å². The maximum absolute atomic E-state index is 7.79. The van der Waals surface area contributed by atoms with Crippen LogP contribution in [0.1, 0.15) is 20.8 Å². The standard InChI is InChI=1S/C4H5N.C4H8.C4H6/c1-4(2)3-5;2*1-3-4-2/h1H2,2H3;3-4H,1-2H3;3-4H,1-2H2. The molecule has 1 nitrogen and oxygen atoms in total. The van der Waals surface area contributed by atoms with Gasteiger partial charge in [-0.1, -0.05) is 44.0 Å². The van der Waals surface area contributed by atoms with Crippen molar-refractivity contribution in [2.75, 3.05) is 0 Å². The van der Waals surface area contributed by atoms with E-state index in [4.69, 9.17) is 5.26 Å². The largest absolute Gasteiger partial charge is 0.193 e.